The molecule has 6 nitrogen and oxygen atoms in total. The first-order valence-electron chi connectivity index (χ1n) is 10.6. The Morgan fingerprint density at radius 3 is 2.41 bits per heavy atom. The van der Waals surface area contributed by atoms with Crippen LogP contribution in [0.2, 0.25) is 0 Å². The van der Waals surface area contributed by atoms with E-state index in [1.54, 1.807) is 6.92 Å². The molecule has 9 heteroatoms. The van der Waals surface area contributed by atoms with Gasteiger partial charge in [-0.25, -0.2) is 9.97 Å². The third-order valence-corrected chi connectivity index (χ3v) is 7.98. The van der Waals surface area contributed by atoms with Gasteiger partial charge in [-0.1, -0.05) is 72.4 Å². The zero-order valence-electron chi connectivity index (χ0n) is 18.4. The molecule has 0 bridgehead atoms. The number of anilines is 1. The zero-order chi connectivity index (χ0) is 23.7. The van der Waals surface area contributed by atoms with Crippen LogP contribution in [0.5, 0.6) is 0 Å². The van der Waals surface area contributed by atoms with E-state index in [0.717, 1.165) is 27.3 Å². The number of aromatic amines is 1. The van der Waals surface area contributed by atoms with Gasteiger partial charge in [-0.3, -0.25) is 9.59 Å². The molecule has 0 saturated heterocycles. The number of carbonyl (C=O) groups excluding carboxylic acids is 1. The third-order valence-electron chi connectivity index (χ3n) is 5.24. The minimum Gasteiger partial charge on any atom is -0.301 e. The topological polar surface area (TPSA) is 87.7 Å². The van der Waals surface area contributed by atoms with Gasteiger partial charge in [0.05, 0.1) is 16.3 Å². The van der Waals surface area contributed by atoms with Crippen LogP contribution in [0, 0.1) is 6.92 Å². The van der Waals surface area contributed by atoms with Crippen molar-refractivity contribution >= 4 is 55.7 Å². The number of benzene rings is 2. The number of fused-ring (bicyclic) bond motifs is 1. The van der Waals surface area contributed by atoms with Crippen LogP contribution in [-0.2, 0) is 4.79 Å². The molecule has 170 valence electrons. The molecule has 5 rings (SSSR count). The maximum Gasteiger partial charge on any atom is 0.260 e. The Morgan fingerprint density at radius 1 is 1.03 bits per heavy atom. The molecular weight excluding hydrogens is 485 g/mol. The zero-order valence-corrected chi connectivity index (χ0v) is 20.8. The molecule has 3 heterocycles. The molecule has 0 aliphatic carbocycles. The normalized spacial score (nSPS) is 12.1. The van der Waals surface area contributed by atoms with Crippen molar-refractivity contribution in [3.63, 3.8) is 0 Å². The summed E-state index contributed by atoms with van der Waals surface area (Å²) in [5.41, 5.74) is 3.52. The summed E-state index contributed by atoms with van der Waals surface area (Å²) in [6.07, 6.45) is 0. The molecule has 2 N–H and O–H groups in total. The van der Waals surface area contributed by atoms with Crippen LogP contribution in [0.4, 0.5) is 5.13 Å². The molecule has 3 aromatic heterocycles. The SMILES string of the molecule is Cc1sc2nc(SC(C)C(=O)Nc3nc(-c4ccccc4)cs3)[nH]c(=O)c2c1-c1ccccc1. The van der Waals surface area contributed by atoms with Gasteiger partial charge in [-0.05, 0) is 19.4 Å². The van der Waals surface area contributed by atoms with Crippen molar-refractivity contribution in [2.75, 3.05) is 5.32 Å². The Kier molecular flexibility index (Phi) is 6.32. The third kappa shape index (κ3) is 4.54. The quantitative estimate of drug-likeness (QED) is 0.212. The van der Waals surface area contributed by atoms with Gasteiger partial charge in [0.15, 0.2) is 10.3 Å². The number of thiazole rings is 1. The van der Waals surface area contributed by atoms with Gasteiger partial charge in [0.1, 0.15) is 4.83 Å². The Morgan fingerprint density at radius 2 is 1.71 bits per heavy atom. The predicted molar refractivity (Wildman–Crippen MR) is 142 cm³/mol. The van der Waals surface area contributed by atoms with Crippen LogP contribution in [0.25, 0.3) is 32.6 Å². The maximum atomic E-state index is 13.0. The van der Waals surface area contributed by atoms with Crippen LogP contribution in [0.3, 0.4) is 0 Å². The van der Waals surface area contributed by atoms with Crippen molar-refractivity contribution < 1.29 is 4.79 Å². The van der Waals surface area contributed by atoms with Gasteiger partial charge in [-0.15, -0.1) is 22.7 Å². The standard InChI is InChI=1S/C25H20N4O2S3/c1-14-19(17-11-7-4-8-12-17)20-22(31)28-25(29-23(20)33-14)34-15(2)21(30)27-24-26-18(13-32-24)16-9-5-3-6-10-16/h3-13,15H,1-2H3,(H,26,27,30)(H,28,29,31). The van der Waals surface area contributed by atoms with Crippen LogP contribution >= 0.6 is 34.4 Å². The Labute approximate surface area is 208 Å². The number of amides is 1. The molecule has 0 radical (unpaired) electrons. The molecule has 0 saturated carbocycles. The monoisotopic (exact) mass is 504 g/mol. The number of nitrogens with zero attached hydrogens (tertiary/aromatic N) is 2. The van der Waals surface area contributed by atoms with Crippen LogP contribution < -0.4 is 10.9 Å². The lowest BCUT2D eigenvalue weighted by molar-refractivity contribution is -0.115. The van der Waals surface area contributed by atoms with Crippen molar-refractivity contribution in [2.45, 2.75) is 24.3 Å². The molecule has 34 heavy (non-hydrogen) atoms. The fourth-order valence-corrected chi connectivity index (χ4v) is 6.23. The van der Waals surface area contributed by atoms with E-state index in [9.17, 15) is 9.59 Å². The molecular formula is C25H20N4O2S3. The van der Waals surface area contributed by atoms with E-state index < -0.39 is 5.25 Å². The van der Waals surface area contributed by atoms with E-state index in [1.165, 1.54) is 34.4 Å². The molecule has 5 aromatic rings. The van der Waals surface area contributed by atoms with Gasteiger partial charge in [0.25, 0.3) is 5.56 Å². The first kappa shape index (κ1) is 22.5. The minimum atomic E-state index is -0.473. The summed E-state index contributed by atoms with van der Waals surface area (Å²) >= 11 is 4.09. The highest BCUT2D eigenvalue weighted by Gasteiger charge is 2.21. The van der Waals surface area contributed by atoms with E-state index in [2.05, 4.69) is 20.3 Å². The number of hydrogen-bond acceptors (Lipinski definition) is 7. The van der Waals surface area contributed by atoms with Gasteiger partial charge >= 0.3 is 0 Å². The van der Waals surface area contributed by atoms with Crippen molar-refractivity contribution in [3.05, 3.63) is 81.3 Å². The van der Waals surface area contributed by atoms with Crippen molar-refractivity contribution in [1.29, 1.82) is 0 Å². The summed E-state index contributed by atoms with van der Waals surface area (Å²) in [4.78, 5) is 39.5. The highest BCUT2D eigenvalue weighted by Crippen LogP contribution is 2.36. The first-order chi connectivity index (χ1) is 16.5. The van der Waals surface area contributed by atoms with E-state index in [0.29, 0.717) is 20.5 Å². The average Bonchev–Trinajstić information content (AvgIpc) is 3.44. The molecule has 0 spiro atoms. The molecule has 1 atom stereocenters. The van der Waals surface area contributed by atoms with Crippen molar-refractivity contribution in [1.82, 2.24) is 15.0 Å². The summed E-state index contributed by atoms with van der Waals surface area (Å²) < 4.78 is 0. The lowest BCUT2D eigenvalue weighted by atomic mass is 10.0. The van der Waals surface area contributed by atoms with Crippen LogP contribution in [0.15, 0.2) is 76.0 Å². The maximum absolute atomic E-state index is 13.0. The molecule has 0 fully saturated rings. The molecule has 0 aliphatic heterocycles. The number of carbonyl (C=O) groups is 1. The number of aryl methyl sites for hydroxylation is 1. The fourth-order valence-electron chi connectivity index (χ4n) is 3.61. The second kappa shape index (κ2) is 9.54. The molecule has 1 amide bonds. The van der Waals surface area contributed by atoms with Gasteiger partial charge in [-0.2, -0.15) is 0 Å². The van der Waals surface area contributed by atoms with E-state index in [4.69, 9.17) is 0 Å². The Bertz CT molecular complexity index is 1520. The first-order valence-corrected chi connectivity index (χ1v) is 13.1. The van der Waals surface area contributed by atoms with E-state index in [1.807, 2.05) is 73.0 Å². The number of H-pyrrole nitrogens is 1. The smallest absolute Gasteiger partial charge is 0.260 e. The van der Waals surface area contributed by atoms with Gasteiger partial charge in [0.2, 0.25) is 5.91 Å². The number of nitrogens with one attached hydrogen (secondary N) is 2. The minimum absolute atomic E-state index is 0.198. The van der Waals surface area contributed by atoms with E-state index in [-0.39, 0.29) is 11.5 Å². The van der Waals surface area contributed by atoms with Gasteiger partial charge < -0.3 is 10.3 Å². The van der Waals surface area contributed by atoms with Crippen molar-refractivity contribution in [3.8, 4) is 22.4 Å². The fraction of sp³-hybridized carbons (Fsp3) is 0.120. The largest absolute Gasteiger partial charge is 0.301 e. The predicted octanol–water partition coefficient (Wildman–Crippen LogP) is 6.20. The summed E-state index contributed by atoms with van der Waals surface area (Å²) in [5.74, 6) is -0.200. The van der Waals surface area contributed by atoms with Gasteiger partial charge in [0, 0.05) is 21.4 Å². The number of rotatable bonds is 6. The Hall–Kier alpha value is -3.27. The average molecular weight is 505 g/mol. The number of thiophene rings is 1. The number of hydrogen-bond donors (Lipinski definition) is 2. The lowest BCUT2D eigenvalue weighted by Crippen LogP contribution is -2.23. The number of aromatic nitrogens is 3. The summed E-state index contributed by atoms with van der Waals surface area (Å²) in [5, 5.41) is 5.86. The van der Waals surface area contributed by atoms with Crippen LogP contribution in [0.1, 0.15) is 11.8 Å². The molecule has 2 aromatic carbocycles. The molecule has 0 aliphatic rings. The molecule has 1 unspecified atom stereocenters. The highest BCUT2D eigenvalue weighted by molar-refractivity contribution is 8.00. The van der Waals surface area contributed by atoms with Crippen LogP contribution in [-0.4, -0.2) is 26.1 Å². The number of thioether (sulfide) groups is 1. The van der Waals surface area contributed by atoms with Crippen molar-refractivity contribution in [2.24, 2.45) is 0 Å². The highest BCUT2D eigenvalue weighted by atomic mass is 32.2. The second-order valence-corrected chi connectivity index (χ2v) is 11.0. The van der Waals surface area contributed by atoms with E-state index >= 15 is 0 Å². The summed E-state index contributed by atoms with van der Waals surface area (Å²) in [6, 6.07) is 19.7. The second-order valence-electron chi connectivity index (χ2n) is 7.60. The lowest BCUT2D eigenvalue weighted by Gasteiger charge is -2.09. The Balaban J connectivity index is 1.34. The summed E-state index contributed by atoms with van der Waals surface area (Å²) in [7, 11) is 0. The summed E-state index contributed by atoms with van der Waals surface area (Å²) in [6.45, 7) is 3.78.